The van der Waals surface area contributed by atoms with Gasteiger partial charge in [0.1, 0.15) is 0 Å². The van der Waals surface area contributed by atoms with Crippen molar-refractivity contribution in [3.05, 3.63) is 41.2 Å². The van der Waals surface area contributed by atoms with Crippen LogP contribution in [0.1, 0.15) is 12.5 Å². The fourth-order valence-corrected chi connectivity index (χ4v) is 2.09. The highest BCUT2D eigenvalue weighted by molar-refractivity contribution is 5.85. The van der Waals surface area contributed by atoms with E-state index in [2.05, 4.69) is 5.32 Å². The number of fused-ring (bicyclic) bond motifs is 1. The molecule has 100 valence electrons. The van der Waals surface area contributed by atoms with E-state index >= 15 is 0 Å². The Morgan fingerprint density at radius 3 is 2.89 bits per heavy atom. The summed E-state index contributed by atoms with van der Waals surface area (Å²) in [5.74, 6) is 0.491. The first-order valence-electron chi connectivity index (χ1n) is 6.05. The maximum atomic E-state index is 11.9. The number of nitrogens with zero attached hydrogens (tertiary/aromatic N) is 1. The number of nitrogens with one attached hydrogen (secondary N) is 1. The Morgan fingerprint density at radius 2 is 2.21 bits per heavy atom. The van der Waals surface area contributed by atoms with Crippen molar-refractivity contribution in [3.63, 3.8) is 0 Å². The minimum atomic E-state index is -0.0586. The number of benzene rings is 1. The Labute approximate surface area is 111 Å². The highest BCUT2D eigenvalue weighted by atomic mass is 16.5. The van der Waals surface area contributed by atoms with Gasteiger partial charge in [-0.15, -0.1) is 0 Å². The number of amides is 1. The number of carbonyl (C=O) groups excluding carboxylic acids is 1. The molecule has 1 amide bonds. The molecular weight excluding hydrogens is 244 g/mol. The molecule has 1 N–H and O–H groups in total. The standard InChI is InChI=1S/C14H16N2O3/c1-10(17)15-8-7-11-5-6-13(19-2)14-12(11)4-3-9-16(14)18/h3-6,9H,7-8H2,1-2H3,(H,15,17). The molecule has 0 aliphatic heterocycles. The van der Waals surface area contributed by atoms with Crippen LogP contribution in [0, 0.1) is 5.21 Å². The van der Waals surface area contributed by atoms with E-state index in [0.29, 0.717) is 24.2 Å². The van der Waals surface area contributed by atoms with Crippen molar-refractivity contribution < 1.29 is 14.3 Å². The maximum absolute atomic E-state index is 11.9. The second kappa shape index (κ2) is 5.56. The van der Waals surface area contributed by atoms with Crippen molar-refractivity contribution in [2.75, 3.05) is 13.7 Å². The van der Waals surface area contributed by atoms with Gasteiger partial charge in [-0.1, -0.05) is 6.07 Å². The first-order valence-corrected chi connectivity index (χ1v) is 6.05. The summed E-state index contributed by atoms with van der Waals surface area (Å²) in [5, 5.41) is 15.5. The van der Waals surface area contributed by atoms with E-state index in [1.165, 1.54) is 13.1 Å². The molecule has 0 aliphatic carbocycles. The van der Waals surface area contributed by atoms with Gasteiger partial charge in [-0.05, 0) is 24.1 Å². The Hall–Kier alpha value is -2.30. The van der Waals surface area contributed by atoms with Crippen LogP contribution in [0.2, 0.25) is 0 Å². The van der Waals surface area contributed by atoms with Crippen molar-refractivity contribution in [2.45, 2.75) is 13.3 Å². The van der Waals surface area contributed by atoms with Crippen LogP contribution in [-0.4, -0.2) is 19.6 Å². The minimum Gasteiger partial charge on any atom is -0.618 e. The summed E-state index contributed by atoms with van der Waals surface area (Å²) in [4.78, 5) is 10.9. The van der Waals surface area contributed by atoms with Gasteiger partial charge in [0.2, 0.25) is 5.91 Å². The van der Waals surface area contributed by atoms with Crippen molar-refractivity contribution >= 4 is 16.8 Å². The van der Waals surface area contributed by atoms with Crippen LogP contribution < -0.4 is 14.8 Å². The van der Waals surface area contributed by atoms with E-state index in [-0.39, 0.29) is 5.91 Å². The summed E-state index contributed by atoms with van der Waals surface area (Å²) in [7, 11) is 1.54. The summed E-state index contributed by atoms with van der Waals surface area (Å²) in [6.07, 6.45) is 2.12. The molecule has 0 saturated heterocycles. The van der Waals surface area contributed by atoms with Gasteiger partial charge < -0.3 is 15.3 Å². The molecule has 2 aromatic rings. The zero-order chi connectivity index (χ0) is 13.8. The average molecular weight is 260 g/mol. The first-order chi connectivity index (χ1) is 9.13. The molecule has 5 heteroatoms. The minimum absolute atomic E-state index is 0.0586. The predicted octanol–water partition coefficient (Wildman–Crippen LogP) is 1.16. The zero-order valence-electron chi connectivity index (χ0n) is 11.0. The number of pyridine rings is 1. The van der Waals surface area contributed by atoms with Gasteiger partial charge in [0, 0.05) is 19.5 Å². The van der Waals surface area contributed by atoms with E-state index in [1.54, 1.807) is 19.2 Å². The van der Waals surface area contributed by atoms with E-state index < -0.39 is 0 Å². The molecule has 1 aromatic carbocycles. The number of rotatable bonds is 4. The highest BCUT2D eigenvalue weighted by Gasteiger charge is 2.13. The van der Waals surface area contributed by atoms with Gasteiger partial charge >= 0.3 is 0 Å². The predicted molar refractivity (Wildman–Crippen MR) is 71.8 cm³/mol. The largest absolute Gasteiger partial charge is 0.618 e. The lowest BCUT2D eigenvalue weighted by atomic mass is 10.0. The summed E-state index contributed by atoms with van der Waals surface area (Å²) in [6.45, 7) is 2.03. The lowest BCUT2D eigenvalue weighted by Crippen LogP contribution is -2.27. The molecule has 0 fully saturated rings. The molecule has 0 aliphatic rings. The lowest BCUT2D eigenvalue weighted by Gasteiger charge is -2.10. The Balaban J connectivity index is 2.40. The van der Waals surface area contributed by atoms with Crippen molar-refractivity contribution in [3.8, 4) is 5.75 Å². The van der Waals surface area contributed by atoms with Gasteiger partial charge in [-0.3, -0.25) is 4.79 Å². The monoisotopic (exact) mass is 260 g/mol. The number of hydrogen-bond acceptors (Lipinski definition) is 3. The zero-order valence-corrected chi connectivity index (χ0v) is 11.0. The number of carbonyl (C=O) groups is 1. The molecule has 0 unspecified atom stereocenters. The van der Waals surface area contributed by atoms with Crippen LogP contribution in [0.25, 0.3) is 10.9 Å². The molecule has 0 bridgehead atoms. The van der Waals surface area contributed by atoms with Gasteiger partial charge in [0.05, 0.1) is 12.5 Å². The van der Waals surface area contributed by atoms with E-state index in [4.69, 9.17) is 4.74 Å². The van der Waals surface area contributed by atoms with E-state index in [1.807, 2.05) is 12.1 Å². The molecular formula is C14H16N2O3. The van der Waals surface area contributed by atoms with Crippen molar-refractivity contribution in [1.82, 2.24) is 5.32 Å². The molecule has 0 spiro atoms. The van der Waals surface area contributed by atoms with Crippen molar-refractivity contribution in [2.24, 2.45) is 0 Å². The number of aromatic nitrogens is 1. The molecule has 5 nitrogen and oxygen atoms in total. The topological polar surface area (TPSA) is 65.3 Å². The smallest absolute Gasteiger partial charge is 0.266 e. The van der Waals surface area contributed by atoms with Crippen molar-refractivity contribution in [1.29, 1.82) is 0 Å². The van der Waals surface area contributed by atoms with Gasteiger partial charge in [-0.2, -0.15) is 4.73 Å². The number of ether oxygens (including phenoxy) is 1. The second-order valence-electron chi connectivity index (χ2n) is 4.26. The van der Waals surface area contributed by atoms with Gasteiger partial charge in [0.15, 0.2) is 11.9 Å². The third kappa shape index (κ3) is 2.76. The molecule has 0 saturated carbocycles. The third-order valence-corrected chi connectivity index (χ3v) is 2.96. The Bertz CT molecular complexity index is 611. The number of methoxy groups -OCH3 is 1. The second-order valence-corrected chi connectivity index (χ2v) is 4.26. The fraction of sp³-hybridized carbons (Fsp3) is 0.286. The maximum Gasteiger partial charge on any atom is 0.266 e. The molecule has 1 heterocycles. The quantitative estimate of drug-likeness (QED) is 0.662. The average Bonchev–Trinajstić information content (AvgIpc) is 2.39. The number of hydrogen-bond donors (Lipinski definition) is 1. The Morgan fingerprint density at radius 1 is 1.42 bits per heavy atom. The summed E-state index contributed by atoms with van der Waals surface area (Å²) < 4.78 is 6.02. The van der Waals surface area contributed by atoms with E-state index in [0.717, 1.165) is 15.7 Å². The Kier molecular flexibility index (Phi) is 3.85. The van der Waals surface area contributed by atoms with Crippen LogP contribution in [0.15, 0.2) is 30.5 Å². The van der Waals surface area contributed by atoms with E-state index in [9.17, 15) is 10.0 Å². The van der Waals surface area contributed by atoms with Crippen LogP contribution in [0.5, 0.6) is 5.75 Å². The van der Waals surface area contributed by atoms with Crippen LogP contribution >= 0.6 is 0 Å². The van der Waals surface area contributed by atoms with Crippen LogP contribution in [0.4, 0.5) is 0 Å². The van der Waals surface area contributed by atoms with Crippen LogP contribution in [-0.2, 0) is 11.2 Å². The summed E-state index contributed by atoms with van der Waals surface area (Å²) in [6, 6.07) is 7.29. The van der Waals surface area contributed by atoms with Gasteiger partial charge in [-0.25, -0.2) is 0 Å². The van der Waals surface area contributed by atoms with Gasteiger partial charge in [0.25, 0.3) is 5.52 Å². The highest BCUT2D eigenvalue weighted by Crippen LogP contribution is 2.25. The molecule has 1 aromatic heterocycles. The lowest BCUT2D eigenvalue weighted by molar-refractivity contribution is -0.577. The summed E-state index contributed by atoms with van der Waals surface area (Å²) >= 11 is 0. The SMILES string of the molecule is COc1ccc(CCNC(C)=O)c2ccc[n+]([O-])c12. The molecule has 2 rings (SSSR count). The van der Waals surface area contributed by atoms with Crippen LogP contribution in [0.3, 0.4) is 0 Å². The molecule has 0 atom stereocenters. The third-order valence-electron chi connectivity index (χ3n) is 2.96. The molecule has 0 radical (unpaired) electrons. The normalized spacial score (nSPS) is 10.4. The first kappa shape index (κ1) is 13.1. The fourth-order valence-electron chi connectivity index (χ4n) is 2.09. The molecule has 19 heavy (non-hydrogen) atoms. The summed E-state index contributed by atoms with van der Waals surface area (Å²) in [5.41, 5.74) is 1.53.